The van der Waals surface area contributed by atoms with Crippen molar-refractivity contribution in [1.29, 1.82) is 0 Å². The first-order valence-electron chi connectivity index (χ1n) is 10.8. The summed E-state index contributed by atoms with van der Waals surface area (Å²) in [6.45, 7) is 1.62. The van der Waals surface area contributed by atoms with Gasteiger partial charge >= 0.3 is 6.18 Å². The minimum Gasteiger partial charge on any atom is -0.358 e. The molecule has 1 saturated heterocycles. The number of ether oxygens (including phenoxy) is 1. The van der Waals surface area contributed by atoms with Gasteiger partial charge < -0.3 is 19.9 Å². The van der Waals surface area contributed by atoms with E-state index in [9.17, 15) is 22.8 Å². The maximum Gasteiger partial charge on any atom is 0.416 e. The van der Waals surface area contributed by atoms with E-state index in [1.807, 2.05) is 0 Å². The van der Waals surface area contributed by atoms with Crippen LogP contribution < -0.4 is 16.2 Å². The number of carbonyl (C=O) groups is 1. The standard InChI is InChI=1S/C21H18BrClF4N6O3/c1-9-16-15(20(36-9)4-5-28-7-13(20)24)17(35)33-19(30-18(22)31-33)32(16)8-14(34)29-12-3-2-10(6-11(12)23)21(25,26)27/h2-3,6,9,13,28H,4-5,7-8H2,1H3,(H,29,34)/t9-,13?,20+/m1/s1. The Morgan fingerprint density at radius 3 is 2.83 bits per heavy atom. The van der Waals surface area contributed by atoms with Crippen molar-refractivity contribution in [3.8, 4) is 0 Å². The van der Waals surface area contributed by atoms with Crippen LogP contribution in [-0.4, -0.2) is 44.3 Å². The third-order valence-corrected chi connectivity index (χ3v) is 6.98. The molecule has 2 N–H and O–H groups in total. The Balaban J connectivity index is 1.57. The minimum absolute atomic E-state index is 0.0103. The number of halogens is 6. The van der Waals surface area contributed by atoms with E-state index in [1.54, 1.807) is 6.92 Å². The molecule has 2 aromatic heterocycles. The van der Waals surface area contributed by atoms with E-state index in [1.165, 1.54) is 4.57 Å². The normalized spacial score (nSPS) is 23.9. The summed E-state index contributed by atoms with van der Waals surface area (Å²) in [6, 6.07) is 2.55. The third-order valence-electron chi connectivity index (χ3n) is 6.33. The minimum atomic E-state index is -4.59. The summed E-state index contributed by atoms with van der Waals surface area (Å²) in [5.41, 5.74) is -2.76. The zero-order valence-corrected chi connectivity index (χ0v) is 20.8. The van der Waals surface area contributed by atoms with Crippen molar-refractivity contribution >= 4 is 44.9 Å². The molecule has 1 amide bonds. The highest BCUT2D eigenvalue weighted by atomic mass is 79.9. The van der Waals surface area contributed by atoms with Crippen molar-refractivity contribution in [2.75, 3.05) is 18.4 Å². The number of anilines is 1. The van der Waals surface area contributed by atoms with E-state index in [4.69, 9.17) is 16.3 Å². The van der Waals surface area contributed by atoms with Crippen molar-refractivity contribution in [2.24, 2.45) is 0 Å². The quantitative estimate of drug-likeness (QED) is 0.450. The number of rotatable bonds is 3. The lowest BCUT2D eigenvalue weighted by molar-refractivity contribution is -0.137. The van der Waals surface area contributed by atoms with Crippen LogP contribution in [0.3, 0.4) is 0 Å². The van der Waals surface area contributed by atoms with Gasteiger partial charge in [0, 0.05) is 6.54 Å². The average molecular weight is 594 g/mol. The van der Waals surface area contributed by atoms with E-state index >= 15 is 4.39 Å². The molecule has 1 unspecified atom stereocenters. The molecule has 192 valence electrons. The molecule has 9 nitrogen and oxygen atoms in total. The fourth-order valence-electron chi connectivity index (χ4n) is 4.82. The highest BCUT2D eigenvalue weighted by molar-refractivity contribution is 9.10. The van der Waals surface area contributed by atoms with E-state index in [2.05, 4.69) is 36.6 Å². The van der Waals surface area contributed by atoms with Crippen LogP contribution in [0.15, 0.2) is 27.7 Å². The van der Waals surface area contributed by atoms with Gasteiger partial charge in [0.25, 0.3) is 5.56 Å². The zero-order chi connectivity index (χ0) is 26.0. The predicted molar refractivity (Wildman–Crippen MR) is 124 cm³/mol. The Labute approximate surface area is 213 Å². The van der Waals surface area contributed by atoms with Crippen molar-refractivity contribution < 1.29 is 27.1 Å². The molecule has 2 aliphatic rings. The molecule has 0 aliphatic carbocycles. The summed E-state index contributed by atoms with van der Waals surface area (Å²) in [5.74, 6) is -0.657. The highest BCUT2D eigenvalue weighted by Crippen LogP contribution is 2.48. The molecule has 1 spiro atoms. The Kier molecular flexibility index (Phi) is 6.13. The second-order valence-corrected chi connectivity index (χ2v) is 9.67. The van der Waals surface area contributed by atoms with Gasteiger partial charge in [-0.25, -0.2) is 4.39 Å². The van der Waals surface area contributed by atoms with Gasteiger partial charge in [-0.15, -0.1) is 5.10 Å². The summed E-state index contributed by atoms with van der Waals surface area (Å²) in [5, 5.41) is 9.16. The Morgan fingerprint density at radius 2 is 2.17 bits per heavy atom. The summed E-state index contributed by atoms with van der Waals surface area (Å²) in [4.78, 5) is 30.6. The molecule has 0 radical (unpaired) electrons. The summed E-state index contributed by atoms with van der Waals surface area (Å²) < 4.78 is 62.6. The molecule has 15 heteroatoms. The first kappa shape index (κ1) is 25.1. The van der Waals surface area contributed by atoms with Gasteiger partial charge in [0.2, 0.25) is 16.4 Å². The van der Waals surface area contributed by atoms with Crippen LogP contribution in [-0.2, 0) is 27.9 Å². The number of hydrogen-bond acceptors (Lipinski definition) is 6. The molecular weight excluding hydrogens is 576 g/mol. The van der Waals surface area contributed by atoms with Crippen LogP contribution in [0.2, 0.25) is 5.02 Å². The first-order chi connectivity index (χ1) is 16.9. The summed E-state index contributed by atoms with van der Waals surface area (Å²) >= 11 is 9.10. The fourth-order valence-corrected chi connectivity index (χ4v) is 5.37. The van der Waals surface area contributed by atoms with Gasteiger partial charge in [0.05, 0.1) is 33.6 Å². The largest absolute Gasteiger partial charge is 0.416 e. The second-order valence-electron chi connectivity index (χ2n) is 8.56. The van der Waals surface area contributed by atoms with Gasteiger partial charge in [0.1, 0.15) is 18.3 Å². The Bertz CT molecular complexity index is 1440. The molecule has 0 bridgehead atoms. The second kappa shape index (κ2) is 8.78. The van der Waals surface area contributed by atoms with E-state index in [0.717, 1.165) is 16.6 Å². The first-order valence-corrected chi connectivity index (χ1v) is 12.0. The molecule has 5 rings (SSSR count). The lowest BCUT2D eigenvalue weighted by atomic mass is 9.84. The van der Waals surface area contributed by atoms with Gasteiger partial charge in [-0.3, -0.25) is 9.59 Å². The smallest absolute Gasteiger partial charge is 0.358 e. The number of amides is 1. The molecular formula is C21H18BrClF4N6O3. The number of carbonyl (C=O) groups excluding carboxylic acids is 1. The molecule has 3 aromatic rings. The number of aromatic nitrogens is 4. The molecule has 0 saturated carbocycles. The SMILES string of the molecule is C[C@H]1O[C@]2(CCNCC2F)c2c1n(CC(=O)Nc1ccc(C(F)(F)F)cc1Cl)c1nc(Br)nn1c2=O. The molecule has 1 aromatic carbocycles. The van der Waals surface area contributed by atoms with Crippen molar-refractivity contribution in [3.05, 3.63) is 55.1 Å². The number of hydrogen-bond donors (Lipinski definition) is 2. The molecule has 3 atom stereocenters. The van der Waals surface area contributed by atoms with Crippen LogP contribution >= 0.6 is 27.5 Å². The van der Waals surface area contributed by atoms with Gasteiger partial charge in [-0.05, 0) is 54.0 Å². The summed E-state index contributed by atoms with van der Waals surface area (Å²) in [6.07, 6.45) is -6.69. The molecule has 1 fully saturated rings. The average Bonchev–Trinajstić information content (AvgIpc) is 3.32. The lowest BCUT2D eigenvalue weighted by Crippen LogP contribution is -2.52. The van der Waals surface area contributed by atoms with Crippen LogP contribution in [0.1, 0.15) is 36.3 Å². The number of fused-ring (bicyclic) bond motifs is 3. The Hall–Kier alpha value is -2.55. The van der Waals surface area contributed by atoms with Gasteiger partial charge in [0.15, 0.2) is 0 Å². The number of nitrogens with one attached hydrogen (secondary N) is 2. The van der Waals surface area contributed by atoms with Crippen molar-refractivity contribution in [3.63, 3.8) is 0 Å². The number of nitrogens with zero attached hydrogens (tertiary/aromatic N) is 4. The molecule has 2 aliphatic heterocycles. The maximum absolute atomic E-state index is 15.3. The van der Waals surface area contributed by atoms with Crippen LogP contribution in [0.5, 0.6) is 0 Å². The zero-order valence-electron chi connectivity index (χ0n) is 18.5. The Morgan fingerprint density at radius 1 is 1.42 bits per heavy atom. The van der Waals surface area contributed by atoms with Gasteiger partial charge in [-0.1, -0.05) is 11.6 Å². The monoisotopic (exact) mass is 592 g/mol. The van der Waals surface area contributed by atoms with Gasteiger partial charge in [-0.2, -0.15) is 22.7 Å². The highest BCUT2D eigenvalue weighted by Gasteiger charge is 2.54. The predicted octanol–water partition coefficient (Wildman–Crippen LogP) is 3.58. The van der Waals surface area contributed by atoms with Crippen molar-refractivity contribution in [2.45, 2.75) is 43.9 Å². The van der Waals surface area contributed by atoms with E-state index in [-0.39, 0.29) is 45.4 Å². The summed E-state index contributed by atoms with van der Waals surface area (Å²) in [7, 11) is 0. The lowest BCUT2D eigenvalue weighted by Gasteiger charge is -2.36. The number of piperidine rings is 1. The van der Waals surface area contributed by atoms with Crippen LogP contribution in [0.4, 0.5) is 23.2 Å². The van der Waals surface area contributed by atoms with Crippen molar-refractivity contribution in [1.82, 2.24) is 24.5 Å². The molecule has 36 heavy (non-hydrogen) atoms. The van der Waals surface area contributed by atoms with Crippen LogP contribution in [0.25, 0.3) is 5.78 Å². The number of benzene rings is 1. The maximum atomic E-state index is 15.3. The van der Waals surface area contributed by atoms with E-state index in [0.29, 0.717) is 12.6 Å². The van der Waals surface area contributed by atoms with E-state index < -0.39 is 47.6 Å². The third kappa shape index (κ3) is 3.99. The van der Waals surface area contributed by atoms with Crippen LogP contribution in [0, 0.1) is 0 Å². The fraction of sp³-hybridized carbons (Fsp3) is 0.429. The molecule has 4 heterocycles. The topological polar surface area (TPSA) is 103 Å². The number of alkyl halides is 4.